The number of hydrogen-bond acceptors (Lipinski definition) is 3. The molecular formula is C16H30N2O3. The molecule has 0 bridgehead atoms. The molecule has 1 unspecified atom stereocenters. The number of hydrogen-bond donors (Lipinski definition) is 3. The van der Waals surface area contributed by atoms with Crippen LogP contribution in [0.25, 0.3) is 0 Å². The van der Waals surface area contributed by atoms with Crippen LogP contribution in [0.3, 0.4) is 0 Å². The van der Waals surface area contributed by atoms with Gasteiger partial charge < -0.3 is 16.2 Å². The van der Waals surface area contributed by atoms with Gasteiger partial charge in [-0.15, -0.1) is 0 Å². The number of rotatable bonds is 8. The maximum Gasteiger partial charge on any atom is 0.306 e. The minimum atomic E-state index is -0.707. The first-order chi connectivity index (χ1) is 9.93. The second-order valence-electron chi connectivity index (χ2n) is 6.57. The van der Waals surface area contributed by atoms with E-state index in [0.717, 1.165) is 25.7 Å². The van der Waals surface area contributed by atoms with E-state index in [1.165, 1.54) is 0 Å². The second kappa shape index (κ2) is 9.03. The van der Waals surface area contributed by atoms with E-state index >= 15 is 0 Å². The maximum atomic E-state index is 12.0. The zero-order chi connectivity index (χ0) is 15.8. The van der Waals surface area contributed by atoms with Crippen LogP contribution in [0.15, 0.2) is 0 Å². The highest BCUT2D eigenvalue weighted by atomic mass is 16.4. The normalized spacial score (nSPS) is 23.8. The van der Waals surface area contributed by atoms with E-state index < -0.39 is 5.97 Å². The lowest BCUT2D eigenvalue weighted by Crippen LogP contribution is -2.38. The first-order valence-electron chi connectivity index (χ1n) is 8.16. The topological polar surface area (TPSA) is 92.4 Å². The van der Waals surface area contributed by atoms with Gasteiger partial charge in [-0.05, 0) is 56.9 Å². The Labute approximate surface area is 127 Å². The van der Waals surface area contributed by atoms with E-state index in [-0.39, 0.29) is 17.9 Å². The zero-order valence-corrected chi connectivity index (χ0v) is 13.3. The molecule has 0 spiro atoms. The van der Waals surface area contributed by atoms with Crippen molar-refractivity contribution in [3.05, 3.63) is 0 Å². The van der Waals surface area contributed by atoms with Gasteiger partial charge in [-0.2, -0.15) is 0 Å². The third-order valence-electron chi connectivity index (χ3n) is 4.66. The molecule has 0 aromatic rings. The quantitative estimate of drug-likeness (QED) is 0.640. The van der Waals surface area contributed by atoms with Crippen molar-refractivity contribution >= 4 is 11.9 Å². The minimum Gasteiger partial charge on any atom is -0.481 e. The number of nitrogens with one attached hydrogen (secondary N) is 1. The van der Waals surface area contributed by atoms with Crippen molar-refractivity contribution in [2.45, 2.75) is 64.8 Å². The van der Waals surface area contributed by atoms with Gasteiger partial charge in [-0.1, -0.05) is 13.8 Å². The molecule has 21 heavy (non-hydrogen) atoms. The van der Waals surface area contributed by atoms with Crippen molar-refractivity contribution < 1.29 is 14.7 Å². The Hall–Kier alpha value is -1.10. The van der Waals surface area contributed by atoms with Crippen LogP contribution in [0, 0.1) is 17.8 Å². The average molecular weight is 298 g/mol. The Morgan fingerprint density at radius 1 is 1.19 bits per heavy atom. The van der Waals surface area contributed by atoms with Crippen molar-refractivity contribution in [3.8, 4) is 0 Å². The summed E-state index contributed by atoms with van der Waals surface area (Å²) in [6.07, 6.45) is 5.28. The number of carboxylic acid groups (broad SMARTS) is 1. The molecule has 1 saturated carbocycles. The molecule has 1 amide bonds. The molecule has 1 fully saturated rings. The number of carbonyl (C=O) groups excluding carboxylic acids is 1. The number of carbonyl (C=O) groups is 2. The molecule has 0 saturated heterocycles. The van der Waals surface area contributed by atoms with Crippen molar-refractivity contribution in [3.63, 3.8) is 0 Å². The van der Waals surface area contributed by atoms with Crippen LogP contribution in [-0.4, -0.2) is 29.6 Å². The van der Waals surface area contributed by atoms with Gasteiger partial charge in [0, 0.05) is 12.5 Å². The molecule has 0 radical (unpaired) electrons. The van der Waals surface area contributed by atoms with Gasteiger partial charge in [-0.3, -0.25) is 9.59 Å². The van der Waals surface area contributed by atoms with E-state index in [2.05, 4.69) is 19.2 Å². The summed E-state index contributed by atoms with van der Waals surface area (Å²) in [6.45, 7) is 5.01. The van der Waals surface area contributed by atoms with Gasteiger partial charge in [0.15, 0.2) is 0 Å². The van der Waals surface area contributed by atoms with E-state index in [1.807, 2.05) is 0 Å². The largest absolute Gasteiger partial charge is 0.481 e. The number of amides is 1. The van der Waals surface area contributed by atoms with Gasteiger partial charge in [0.2, 0.25) is 5.91 Å². The average Bonchev–Trinajstić information content (AvgIpc) is 2.43. The fraction of sp³-hybridized carbons (Fsp3) is 0.875. The lowest BCUT2D eigenvalue weighted by Gasteiger charge is -2.27. The van der Waals surface area contributed by atoms with E-state index in [9.17, 15) is 9.59 Å². The molecule has 1 aliphatic rings. The van der Waals surface area contributed by atoms with E-state index in [1.54, 1.807) is 0 Å². The maximum absolute atomic E-state index is 12.0. The lowest BCUT2D eigenvalue weighted by molar-refractivity contribution is -0.142. The Kier molecular flexibility index (Phi) is 7.72. The van der Waals surface area contributed by atoms with Crippen molar-refractivity contribution in [2.75, 3.05) is 6.54 Å². The highest BCUT2D eigenvalue weighted by Crippen LogP contribution is 2.25. The Morgan fingerprint density at radius 3 is 2.29 bits per heavy atom. The summed E-state index contributed by atoms with van der Waals surface area (Å²) in [5, 5.41) is 12.0. The zero-order valence-electron chi connectivity index (χ0n) is 13.3. The number of carboxylic acids is 1. The standard InChI is InChI=1S/C16H30N2O3/c1-11(2)12(9-10-17)5-8-15(19)18-14-6-3-13(4-7-14)16(20)21/h11-14H,3-10,17H2,1-2H3,(H,18,19)(H,20,21). The van der Waals surface area contributed by atoms with Crippen molar-refractivity contribution in [2.24, 2.45) is 23.5 Å². The summed E-state index contributed by atoms with van der Waals surface area (Å²) in [5.74, 6) is 0.210. The van der Waals surface area contributed by atoms with Crippen molar-refractivity contribution in [1.29, 1.82) is 0 Å². The third kappa shape index (κ3) is 6.46. The molecule has 5 heteroatoms. The molecule has 1 aliphatic carbocycles. The van der Waals surface area contributed by atoms with E-state index in [0.29, 0.717) is 37.6 Å². The number of aliphatic carboxylic acids is 1. The Bertz CT molecular complexity index is 336. The predicted octanol–water partition coefficient (Wildman–Crippen LogP) is 2.15. The molecule has 1 rings (SSSR count). The van der Waals surface area contributed by atoms with Crippen LogP contribution in [0.2, 0.25) is 0 Å². The number of nitrogens with two attached hydrogens (primary N) is 1. The SMILES string of the molecule is CC(C)C(CCN)CCC(=O)NC1CCC(C(=O)O)CC1. The Morgan fingerprint density at radius 2 is 1.81 bits per heavy atom. The summed E-state index contributed by atoms with van der Waals surface area (Å²) in [7, 11) is 0. The van der Waals surface area contributed by atoms with Crippen LogP contribution < -0.4 is 11.1 Å². The summed E-state index contributed by atoms with van der Waals surface area (Å²) in [4.78, 5) is 22.9. The fourth-order valence-electron chi connectivity index (χ4n) is 3.13. The van der Waals surface area contributed by atoms with Crippen LogP contribution >= 0.6 is 0 Å². The highest BCUT2D eigenvalue weighted by Gasteiger charge is 2.26. The van der Waals surface area contributed by atoms with E-state index in [4.69, 9.17) is 10.8 Å². The van der Waals surface area contributed by atoms with Crippen LogP contribution in [0.1, 0.15) is 58.8 Å². The van der Waals surface area contributed by atoms with Gasteiger partial charge in [0.1, 0.15) is 0 Å². The second-order valence-corrected chi connectivity index (χ2v) is 6.57. The molecule has 0 heterocycles. The summed E-state index contributed by atoms with van der Waals surface area (Å²) >= 11 is 0. The molecular weight excluding hydrogens is 268 g/mol. The van der Waals surface area contributed by atoms with Gasteiger partial charge >= 0.3 is 5.97 Å². The Balaban J connectivity index is 2.26. The predicted molar refractivity (Wildman–Crippen MR) is 82.8 cm³/mol. The summed E-state index contributed by atoms with van der Waals surface area (Å²) in [5.41, 5.74) is 5.61. The third-order valence-corrected chi connectivity index (χ3v) is 4.66. The van der Waals surface area contributed by atoms with Gasteiger partial charge in [0.25, 0.3) is 0 Å². The molecule has 0 aromatic carbocycles. The van der Waals surface area contributed by atoms with Crippen molar-refractivity contribution in [1.82, 2.24) is 5.32 Å². The molecule has 1 atom stereocenters. The van der Waals surface area contributed by atoms with Crippen LogP contribution in [0.5, 0.6) is 0 Å². The van der Waals surface area contributed by atoms with Crippen LogP contribution in [0.4, 0.5) is 0 Å². The van der Waals surface area contributed by atoms with Gasteiger partial charge in [-0.25, -0.2) is 0 Å². The molecule has 0 aliphatic heterocycles. The summed E-state index contributed by atoms with van der Waals surface area (Å²) < 4.78 is 0. The lowest BCUT2D eigenvalue weighted by atomic mass is 9.85. The first kappa shape index (κ1) is 18.0. The molecule has 5 nitrogen and oxygen atoms in total. The van der Waals surface area contributed by atoms with Crippen LogP contribution in [-0.2, 0) is 9.59 Å². The van der Waals surface area contributed by atoms with Gasteiger partial charge in [0.05, 0.1) is 5.92 Å². The monoisotopic (exact) mass is 298 g/mol. The molecule has 4 N–H and O–H groups in total. The fourth-order valence-corrected chi connectivity index (χ4v) is 3.13. The first-order valence-corrected chi connectivity index (χ1v) is 8.16. The summed E-state index contributed by atoms with van der Waals surface area (Å²) in [6, 6.07) is 0.153. The molecule has 0 aromatic heterocycles. The smallest absolute Gasteiger partial charge is 0.306 e. The minimum absolute atomic E-state index is 0.0939. The molecule has 122 valence electrons. The highest BCUT2D eigenvalue weighted by molar-refractivity contribution is 5.76.